The van der Waals surface area contributed by atoms with Crippen LogP contribution in [-0.2, 0) is 4.79 Å². The van der Waals surface area contributed by atoms with Gasteiger partial charge in [-0.15, -0.1) is 0 Å². The van der Waals surface area contributed by atoms with E-state index in [9.17, 15) is 14.7 Å². The van der Waals surface area contributed by atoms with Gasteiger partial charge in [0, 0.05) is 59.8 Å². The van der Waals surface area contributed by atoms with Crippen molar-refractivity contribution in [1.29, 1.82) is 0 Å². The third-order valence-corrected chi connectivity index (χ3v) is 5.42. The number of rotatable bonds is 7. The molecule has 27 heavy (non-hydrogen) atoms. The average molecular weight is 381 g/mol. The minimum Gasteiger partial charge on any atom is -0.396 e. The number of hydrogen-bond donors (Lipinski definition) is 2. The molecule has 0 bridgehead atoms. The molecule has 10 nitrogen and oxygen atoms in total. The van der Waals surface area contributed by atoms with Crippen molar-refractivity contribution in [3.8, 4) is 0 Å². The smallest absolute Gasteiger partial charge is 0.333 e. The molecule has 0 saturated carbocycles. The first-order valence-electron chi connectivity index (χ1n) is 9.40. The van der Waals surface area contributed by atoms with Crippen LogP contribution in [0.2, 0.25) is 0 Å². The Bertz CT molecular complexity index is 656. The number of nitrogens with zero attached hydrogens (tertiary/aromatic N) is 6. The zero-order valence-corrected chi connectivity index (χ0v) is 16.0. The topological polar surface area (TPSA) is 103 Å². The maximum absolute atomic E-state index is 12.7. The zero-order chi connectivity index (χ0) is 19.6. The lowest BCUT2D eigenvalue weighted by Gasteiger charge is -2.33. The van der Waals surface area contributed by atoms with Crippen molar-refractivity contribution in [1.82, 2.24) is 19.6 Å². The number of imide groups is 1. The molecular formula is C17H29N6O4+. The van der Waals surface area contributed by atoms with Gasteiger partial charge in [-0.05, 0) is 4.99 Å². The predicted octanol–water partition coefficient (Wildman–Crippen LogP) is -2.31. The number of amides is 3. The molecule has 0 aromatic heterocycles. The van der Waals surface area contributed by atoms with Gasteiger partial charge in [-0.2, -0.15) is 0 Å². The molecule has 150 valence electrons. The fraction of sp³-hybridized carbons (Fsp3) is 0.765. The van der Waals surface area contributed by atoms with Crippen LogP contribution in [0.15, 0.2) is 4.99 Å². The number of carbonyl (C=O) groups is 2. The Kier molecular flexibility index (Phi) is 6.20. The zero-order valence-electron chi connectivity index (χ0n) is 16.0. The number of hydrogen-bond acceptors (Lipinski definition) is 7. The summed E-state index contributed by atoms with van der Waals surface area (Å²) in [4.78, 5) is 36.7. The van der Waals surface area contributed by atoms with Crippen molar-refractivity contribution in [3.05, 3.63) is 0 Å². The van der Waals surface area contributed by atoms with E-state index in [0.717, 1.165) is 36.9 Å². The van der Waals surface area contributed by atoms with E-state index in [-0.39, 0.29) is 25.2 Å². The number of piperazine rings is 1. The summed E-state index contributed by atoms with van der Waals surface area (Å²) in [6.07, 6.45) is 0.529. The van der Waals surface area contributed by atoms with E-state index in [1.54, 1.807) is 7.05 Å². The molecule has 2 saturated heterocycles. The van der Waals surface area contributed by atoms with Crippen LogP contribution in [0.25, 0.3) is 0 Å². The Morgan fingerprint density at radius 3 is 2.33 bits per heavy atom. The van der Waals surface area contributed by atoms with Crippen molar-refractivity contribution >= 4 is 23.6 Å². The molecule has 0 radical (unpaired) electrons. The van der Waals surface area contributed by atoms with Crippen molar-refractivity contribution in [3.63, 3.8) is 0 Å². The SMILES string of the molecule is CN1C(=O)C2C(=NC(CN3CCN(CCO)CC3)=[N+]2CCCO)N(C)C1=O. The highest BCUT2D eigenvalue weighted by Gasteiger charge is 2.52. The lowest BCUT2D eigenvalue weighted by atomic mass is 10.1. The third kappa shape index (κ3) is 3.88. The number of β-amino-alcohol motifs (C(OH)–C–C–N with tert-alkyl or cyclic N) is 1. The van der Waals surface area contributed by atoms with E-state index in [1.165, 1.54) is 11.9 Å². The van der Waals surface area contributed by atoms with Crippen LogP contribution in [0.4, 0.5) is 4.79 Å². The van der Waals surface area contributed by atoms with Gasteiger partial charge in [0.05, 0.1) is 13.2 Å². The van der Waals surface area contributed by atoms with Crippen LogP contribution >= 0.6 is 0 Å². The van der Waals surface area contributed by atoms with E-state index in [2.05, 4.69) is 14.8 Å². The quantitative estimate of drug-likeness (QED) is 0.481. The summed E-state index contributed by atoms with van der Waals surface area (Å²) < 4.78 is 1.92. The van der Waals surface area contributed by atoms with Crippen LogP contribution in [0.3, 0.4) is 0 Å². The fourth-order valence-electron chi connectivity index (χ4n) is 3.79. The second-order valence-electron chi connectivity index (χ2n) is 7.14. The summed E-state index contributed by atoms with van der Waals surface area (Å²) in [5.41, 5.74) is 0. The van der Waals surface area contributed by atoms with Crippen LogP contribution in [-0.4, -0.2) is 137 Å². The van der Waals surface area contributed by atoms with Crippen LogP contribution in [0.5, 0.6) is 0 Å². The Balaban J connectivity index is 1.79. The average Bonchev–Trinajstić information content (AvgIpc) is 3.03. The summed E-state index contributed by atoms with van der Waals surface area (Å²) in [6.45, 7) is 5.46. The second-order valence-corrected chi connectivity index (χ2v) is 7.14. The van der Waals surface area contributed by atoms with Crippen molar-refractivity contribution in [2.75, 3.05) is 73.1 Å². The molecule has 0 spiro atoms. The van der Waals surface area contributed by atoms with Gasteiger partial charge in [-0.3, -0.25) is 24.4 Å². The largest absolute Gasteiger partial charge is 0.396 e. The Hall–Kier alpha value is -1.88. The molecule has 0 aliphatic carbocycles. The van der Waals surface area contributed by atoms with E-state index >= 15 is 0 Å². The Morgan fingerprint density at radius 1 is 1.04 bits per heavy atom. The van der Waals surface area contributed by atoms with Gasteiger partial charge in [0.15, 0.2) is 0 Å². The number of likely N-dealkylation sites (N-methyl/N-ethyl adjacent to an activating group) is 2. The van der Waals surface area contributed by atoms with E-state index < -0.39 is 6.04 Å². The number of carbonyl (C=O) groups excluding carboxylic acids is 2. The summed E-state index contributed by atoms with van der Waals surface area (Å²) in [7, 11) is 3.12. The fourth-order valence-corrected chi connectivity index (χ4v) is 3.79. The van der Waals surface area contributed by atoms with Gasteiger partial charge in [-0.1, -0.05) is 0 Å². The number of amidine groups is 2. The van der Waals surface area contributed by atoms with Gasteiger partial charge < -0.3 is 10.2 Å². The van der Waals surface area contributed by atoms with Crippen molar-refractivity contribution in [2.45, 2.75) is 12.5 Å². The second kappa shape index (κ2) is 8.42. The molecule has 2 fully saturated rings. The number of aliphatic imine (C=N–C) groups is 1. The molecule has 0 aromatic carbocycles. The molecule has 3 aliphatic rings. The molecule has 1 unspecified atom stereocenters. The van der Waals surface area contributed by atoms with Crippen LogP contribution in [0, 0.1) is 0 Å². The van der Waals surface area contributed by atoms with Gasteiger partial charge in [-0.25, -0.2) is 9.37 Å². The minimum atomic E-state index is -0.602. The monoisotopic (exact) mass is 381 g/mol. The summed E-state index contributed by atoms with van der Waals surface area (Å²) in [5.74, 6) is 0.954. The summed E-state index contributed by atoms with van der Waals surface area (Å²) in [5, 5.41) is 18.3. The predicted molar refractivity (Wildman–Crippen MR) is 99.0 cm³/mol. The first-order valence-corrected chi connectivity index (χ1v) is 9.40. The normalized spacial score (nSPS) is 24.7. The molecule has 3 rings (SSSR count). The molecule has 1 atom stereocenters. The van der Waals surface area contributed by atoms with Crippen LogP contribution < -0.4 is 0 Å². The maximum atomic E-state index is 12.7. The van der Waals surface area contributed by atoms with Gasteiger partial charge in [0.2, 0.25) is 0 Å². The van der Waals surface area contributed by atoms with E-state index in [0.29, 0.717) is 31.9 Å². The highest BCUT2D eigenvalue weighted by atomic mass is 16.3. The Labute approximate surface area is 159 Å². The number of urea groups is 1. The lowest BCUT2D eigenvalue weighted by molar-refractivity contribution is -0.537. The van der Waals surface area contributed by atoms with Gasteiger partial charge >= 0.3 is 11.9 Å². The maximum Gasteiger partial charge on any atom is 0.333 e. The number of aliphatic hydroxyl groups excluding tert-OH is 2. The number of fused-ring (bicyclic) bond motifs is 1. The molecular weight excluding hydrogens is 352 g/mol. The first kappa shape index (κ1) is 19.9. The minimum absolute atomic E-state index is 0.0322. The summed E-state index contributed by atoms with van der Waals surface area (Å²) in [6, 6.07) is -0.981. The molecule has 10 heteroatoms. The highest BCUT2D eigenvalue weighted by molar-refractivity contribution is 6.23. The highest BCUT2D eigenvalue weighted by Crippen LogP contribution is 2.19. The van der Waals surface area contributed by atoms with E-state index in [4.69, 9.17) is 5.11 Å². The third-order valence-electron chi connectivity index (χ3n) is 5.42. The van der Waals surface area contributed by atoms with Gasteiger partial charge in [0.1, 0.15) is 6.54 Å². The molecule has 3 aliphatic heterocycles. The van der Waals surface area contributed by atoms with E-state index in [1.807, 2.05) is 4.58 Å². The standard InChI is InChI=1S/C17H29N6O4/c1-19-15-14(16(26)20(2)17(19)27)23(4-3-10-24)13(18-15)12-22-7-5-21(6-8-22)9-11-25/h14,24-25H,3-12H2,1-2H3/q+1. The van der Waals surface area contributed by atoms with Crippen LogP contribution in [0.1, 0.15) is 6.42 Å². The van der Waals surface area contributed by atoms with Gasteiger partial charge in [0.25, 0.3) is 17.8 Å². The molecule has 3 amide bonds. The lowest BCUT2D eigenvalue weighted by Crippen LogP contribution is -2.61. The molecule has 0 aromatic rings. The molecule has 3 heterocycles. The Morgan fingerprint density at radius 2 is 1.70 bits per heavy atom. The summed E-state index contributed by atoms with van der Waals surface area (Å²) >= 11 is 0. The first-order chi connectivity index (χ1) is 13.0. The van der Waals surface area contributed by atoms with Crippen molar-refractivity contribution < 1.29 is 24.4 Å². The number of aliphatic hydroxyl groups is 2. The molecule has 2 N–H and O–H groups in total. The van der Waals surface area contributed by atoms with Crippen molar-refractivity contribution in [2.24, 2.45) is 4.99 Å².